The van der Waals surface area contributed by atoms with Crippen LogP contribution in [-0.2, 0) is 4.79 Å². The van der Waals surface area contributed by atoms with Crippen molar-refractivity contribution in [2.24, 2.45) is 5.92 Å². The molecule has 0 saturated carbocycles. The normalized spacial score (nSPS) is 17.3. The SMILES string of the molecule is O=C(c1ccccc1)C1CCCN(C(=O)COc2ccccc2)C1. The average Bonchev–Trinajstić information content (AvgIpc) is 2.67. The lowest BCUT2D eigenvalue weighted by Gasteiger charge is -2.32. The number of rotatable bonds is 5. The van der Waals surface area contributed by atoms with E-state index in [9.17, 15) is 9.59 Å². The van der Waals surface area contributed by atoms with Gasteiger partial charge in [-0.3, -0.25) is 9.59 Å². The maximum absolute atomic E-state index is 12.6. The van der Waals surface area contributed by atoms with E-state index in [1.807, 2.05) is 60.7 Å². The molecule has 0 bridgehead atoms. The average molecular weight is 323 g/mol. The summed E-state index contributed by atoms with van der Waals surface area (Å²) in [5, 5.41) is 0. The lowest BCUT2D eigenvalue weighted by atomic mass is 9.90. The van der Waals surface area contributed by atoms with E-state index in [1.165, 1.54) is 0 Å². The van der Waals surface area contributed by atoms with Gasteiger partial charge in [0.15, 0.2) is 12.4 Å². The lowest BCUT2D eigenvalue weighted by molar-refractivity contribution is -0.134. The van der Waals surface area contributed by atoms with Crippen LogP contribution in [0.15, 0.2) is 60.7 Å². The largest absolute Gasteiger partial charge is 0.484 e. The summed E-state index contributed by atoms with van der Waals surface area (Å²) in [7, 11) is 0. The Kier molecular flexibility index (Phi) is 5.26. The summed E-state index contributed by atoms with van der Waals surface area (Å²) >= 11 is 0. The van der Waals surface area contributed by atoms with E-state index >= 15 is 0 Å². The van der Waals surface area contributed by atoms with Gasteiger partial charge < -0.3 is 9.64 Å². The third-order valence-electron chi connectivity index (χ3n) is 4.31. The van der Waals surface area contributed by atoms with Crippen LogP contribution >= 0.6 is 0 Å². The molecular formula is C20H21NO3. The summed E-state index contributed by atoms with van der Waals surface area (Å²) < 4.78 is 5.53. The predicted molar refractivity (Wildman–Crippen MR) is 92.0 cm³/mol. The van der Waals surface area contributed by atoms with Crippen molar-refractivity contribution in [3.8, 4) is 5.75 Å². The standard InChI is InChI=1S/C20H21NO3/c22-19(15-24-18-11-5-2-6-12-18)21-13-7-10-17(14-21)20(23)16-8-3-1-4-9-16/h1-6,8-9,11-12,17H,7,10,13-15H2. The molecule has 124 valence electrons. The van der Waals surface area contributed by atoms with Gasteiger partial charge in [0.05, 0.1) is 0 Å². The number of piperidine rings is 1. The summed E-state index contributed by atoms with van der Waals surface area (Å²) in [5.41, 5.74) is 0.720. The fraction of sp³-hybridized carbons (Fsp3) is 0.300. The second-order valence-corrected chi connectivity index (χ2v) is 6.01. The third kappa shape index (κ3) is 4.02. The predicted octanol–water partition coefficient (Wildman–Crippen LogP) is 3.19. The number of amides is 1. The van der Waals surface area contributed by atoms with Crippen LogP contribution in [-0.4, -0.2) is 36.3 Å². The summed E-state index contributed by atoms with van der Waals surface area (Å²) in [6, 6.07) is 18.6. The monoisotopic (exact) mass is 323 g/mol. The van der Waals surface area contributed by atoms with Crippen molar-refractivity contribution in [3.05, 3.63) is 66.2 Å². The van der Waals surface area contributed by atoms with Gasteiger partial charge in [-0.05, 0) is 25.0 Å². The maximum atomic E-state index is 12.6. The van der Waals surface area contributed by atoms with Crippen LogP contribution in [0.25, 0.3) is 0 Å². The van der Waals surface area contributed by atoms with Gasteiger partial charge in [0.2, 0.25) is 0 Å². The second-order valence-electron chi connectivity index (χ2n) is 6.01. The van der Waals surface area contributed by atoms with Crippen molar-refractivity contribution in [3.63, 3.8) is 0 Å². The Hall–Kier alpha value is -2.62. The zero-order valence-electron chi connectivity index (χ0n) is 13.6. The number of hydrogen-bond donors (Lipinski definition) is 0. The van der Waals surface area contributed by atoms with E-state index in [-0.39, 0.29) is 24.2 Å². The Labute approximate surface area is 142 Å². The first-order valence-corrected chi connectivity index (χ1v) is 8.29. The number of para-hydroxylation sites is 1. The van der Waals surface area contributed by atoms with Gasteiger partial charge in [0.25, 0.3) is 5.91 Å². The highest BCUT2D eigenvalue weighted by molar-refractivity contribution is 5.98. The van der Waals surface area contributed by atoms with Gasteiger partial charge in [0, 0.05) is 24.6 Å². The zero-order chi connectivity index (χ0) is 16.8. The van der Waals surface area contributed by atoms with E-state index < -0.39 is 0 Å². The molecule has 1 atom stereocenters. The molecule has 1 fully saturated rings. The number of ether oxygens (including phenoxy) is 1. The van der Waals surface area contributed by atoms with Crippen molar-refractivity contribution in [2.45, 2.75) is 12.8 Å². The van der Waals surface area contributed by atoms with Crippen molar-refractivity contribution in [2.75, 3.05) is 19.7 Å². The van der Waals surface area contributed by atoms with Crippen LogP contribution in [0.1, 0.15) is 23.2 Å². The van der Waals surface area contributed by atoms with Crippen LogP contribution in [0.3, 0.4) is 0 Å². The number of carbonyl (C=O) groups excluding carboxylic acids is 2. The zero-order valence-corrected chi connectivity index (χ0v) is 13.6. The number of nitrogens with zero attached hydrogens (tertiary/aromatic N) is 1. The summed E-state index contributed by atoms with van der Waals surface area (Å²) in [5.74, 6) is 0.614. The fourth-order valence-electron chi connectivity index (χ4n) is 3.01. The van der Waals surface area contributed by atoms with Gasteiger partial charge in [0.1, 0.15) is 5.75 Å². The Balaban J connectivity index is 1.57. The van der Waals surface area contributed by atoms with Crippen LogP contribution in [0.4, 0.5) is 0 Å². The second kappa shape index (κ2) is 7.77. The minimum absolute atomic E-state index is 0.0102. The van der Waals surface area contributed by atoms with Gasteiger partial charge in [-0.15, -0.1) is 0 Å². The van der Waals surface area contributed by atoms with E-state index in [0.717, 1.165) is 18.4 Å². The molecule has 3 rings (SSSR count). The molecule has 4 heteroatoms. The van der Waals surface area contributed by atoms with E-state index in [1.54, 1.807) is 4.90 Å². The van der Waals surface area contributed by atoms with Crippen LogP contribution < -0.4 is 4.74 Å². The third-order valence-corrected chi connectivity index (χ3v) is 4.31. The fourth-order valence-corrected chi connectivity index (χ4v) is 3.01. The van der Waals surface area contributed by atoms with Gasteiger partial charge in [-0.25, -0.2) is 0 Å². The Bertz CT molecular complexity index is 685. The molecule has 2 aromatic rings. The van der Waals surface area contributed by atoms with Crippen molar-refractivity contribution in [1.82, 2.24) is 4.90 Å². The molecule has 0 radical (unpaired) electrons. The first-order valence-electron chi connectivity index (χ1n) is 8.29. The molecule has 1 saturated heterocycles. The molecule has 24 heavy (non-hydrogen) atoms. The number of likely N-dealkylation sites (tertiary alicyclic amines) is 1. The number of carbonyl (C=O) groups is 2. The molecule has 1 unspecified atom stereocenters. The number of hydrogen-bond acceptors (Lipinski definition) is 3. The molecular weight excluding hydrogens is 302 g/mol. The van der Waals surface area contributed by atoms with Crippen molar-refractivity contribution >= 4 is 11.7 Å². The Morgan fingerprint density at radius 2 is 1.67 bits per heavy atom. The molecule has 1 heterocycles. The van der Waals surface area contributed by atoms with Gasteiger partial charge in [-0.2, -0.15) is 0 Å². The number of ketones is 1. The van der Waals surface area contributed by atoms with Crippen LogP contribution in [0.5, 0.6) is 5.75 Å². The molecule has 0 N–H and O–H groups in total. The van der Waals surface area contributed by atoms with Crippen molar-refractivity contribution < 1.29 is 14.3 Å². The highest BCUT2D eigenvalue weighted by atomic mass is 16.5. The summed E-state index contributed by atoms with van der Waals surface area (Å²) in [4.78, 5) is 26.7. The van der Waals surface area contributed by atoms with E-state index in [2.05, 4.69) is 0 Å². The highest BCUT2D eigenvalue weighted by Gasteiger charge is 2.29. The number of Topliss-reactive ketones (excluding diaryl/α,β-unsaturated/α-hetero) is 1. The summed E-state index contributed by atoms with van der Waals surface area (Å²) in [6.45, 7) is 1.18. The van der Waals surface area contributed by atoms with Crippen LogP contribution in [0.2, 0.25) is 0 Å². The van der Waals surface area contributed by atoms with E-state index in [0.29, 0.717) is 18.8 Å². The minimum atomic E-state index is -0.123. The molecule has 0 spiro atoms. The molecule has 0 aliphatic carbocycles. The first kappa shape index (κ1) is 16.2. The van der Waals surface area contributed by atoms with Gasteiger partial charge in [-0.1, -0.05) is 48.5 Å². The molecule has 0 aromatic heterocycles. The molecule has 2 aromatic carbocycles. The molecule has 1 amide bonds. The molecule has 1 aliphatic heterocycles. The van der Waals surface area contributed by atoms with E-state index in [4.69, 9.17) is 4.74 Å². The summed E-state index contributed by atoms with van der Waals surface area (Å²) in [6.07, 6.45) is 1.68. The van der Waals surface area contributed by atoms with Crippen molar-refractivity contribution in [1.29, 1.82) is 0 Å². The lowest BCUT2D eigenvalue weighted by Crippen LogP contribution is -2.44. The first-order chi connectivity index (χ1) is 11.7. The molecule has 1 aliphatic rings. The Morgan fingerprint density at radius 3 is 2.38 bits per heavy atom. The minimum Gasteiger partial charge on any atom is -0.484 e. The quantitative estimate of drug-likeness (QED) is 0.794. The molecule has 4 nitrogen and oxygen atoms in total. The smallest absolute Gasteiger partial charge is 0.260 e. The highest BCUT2D eigenvalue weighted by Crippen LogP contribution is 2.21. The topological polar surface area (TPSA) is 46.6 Å². The van der Waals surface area contributed by atoms with Crippen LogP contribution in [0, 0.1) is 5.92 Å². The maximum Gasteiger partial charge on any atom is 0.260 e. The van der Waals surface area contributed by atoms with Gasteiger partial charge >= 0.3 is 0 Å². The number of benzene rings is 2. The Morgan fingerprint density at radius 1 is 1.00 bits per heavy atom.